The molecule has 22 heavy (non-hydrogen) atoms. The Kier molecular flexibility index (Phi) is 2.98. The van der Waals surface area contributed by atoms with E-state index >= 15 is 0 Å². The van der Waals surface area contributed by atoms with Crippen LogP contribution in [0, 0.1) is 4.77 Å². The second-order valence-corrected chi connectivity index (χ2v) is 5.15. The fourth-order valence-corrected chi connectivity index (χ4v) is 2.63. The maximum absolute atomic E-state index is 5.35. The van der Waals surface area contributed by atoms with Crippen LogP contribution in [-0.2, 0) is 11.3 Å². The van der Waals surface area contributed by atoms with E-state index in [1.165, 1.54) is 0 Å². The van der Waals surface area contributed by atoms with Crippen LogP contribution in [0.2, 0.25) is 0 Å². The number of H-pyrrole nitrogens is 1. The Labute approximate surface area is 130 Å². The molecule has 7 nitrogen and oxygen atoms in total. The van der Waals surface area contributed by atoms with Crippen molar-refractivity contribution in [2.45, 2.75) is 6.61 Å². The van der Waals surface area contributed by atoms with Crippen LogP contribution in [0.3, 0.4) is 0 Å². The molecule has 1 aromatic carbocycles. The molecule has 4 rings (SSSR count). The van der Waals surface area contributed by atoms with Gasteiger partial charge in [-0.15, -0.1) is 0 Å². The maximum atomic E-state index is 5.35. The minimum absolute atomic E-state index is 0.380. The van der Waals surface area contributed by atoms with Gasteiger partial charge in [0.2, 0.25) is 4.77 Å². The molecule has 0 aliphatic heterocycles. The fraction of sp³-hybridized carbons (Fsp3) is 0.143. The average Bonchev–Trinajstić information content (AvgIpc) is 3.13. The topological polar surface area (TPSA) is 73.0 Å². The zero-order valence-electron chi connectivity index (χ0n) is 11.7. The van der Waals surface area contributed by atoms with Crippen LogP contribution in [0.4, 0.5) is 0 Å². The monoisotopic (exact) mass is 312 g/mol. The third kappa shape index (κ3) is 1.92. The Morgan fingerprint density at radius 2 is 2.00 bits per heavy atom. The number of aromatic nitrogens is 6. The van der Waals surface area contributed by atoms with Crippen LogP contribution in [0.25, 0.3) is 22.4 Å². The smallest absolute Gasteiger partial charge is 0.222 e. The predicted molar refractivity (Wildman–Crippen MR) is 83.5 cm³/mol. The molecule has 0 spiro atoms. The van der Waals surface area contributed by atoms with Crippen molar-refractivity contribution in [1.82, 2.24) is 29.4 Å². The molecule has 0 aliphatic rings. The van der Waals surface area contributed by atoms with Gasteiger partial charge in [0.25, 0.3) is 0 Å². The zero-order valence-corrected chi connectivity index (χ0v) is 12.5. The summed E-state index contributed by atoms with van der Waals surface area (Å²) in [7, 11) is 1.62. The number of rotatable bonds is 3. The van der Waals surface area contributed by atoms with Crippen molar-refractivity contribution in [2.24, 2.45) is 0 Å². The normalized spacial score (nSPS) is 11.5. The van der Waals surface area contributed by atoms with Crippen molar-refractivity contribution in [3.8, 4) is 5.69 Å². The molecular formula is C14H12N6OS. The van der Waals surface area contributed by atoms with Gasteiger partial charge >= 0.3 is 0 Å². The summed E-state index contributed by atoms with van der Waals surface area (Å²) in [4.78, 5) is 9.00. The molecule has 0 unspecified atom stereocenters. The van der Waals surface area contributed by atoms with Crippen LogP contribution in [0.5, 0.6) is 0 Å². The van der Waals surface area contributed by atoms with Crippen molar-refractivity contribution in [3.05, 3.63) is 47.1 Å². The van der Waals surface area contributed by atoms with Crippen LogP contribution >= 0.6 is 12.2 Å². The second-order valence-electron chi connectivity index (χ2n) is 4.79. The highest BCUT2D eigenvalue weighted by Gasteiger charge is 2.14. The Hall–Kier alpha value is -2.58. The standard InChI is InChI=1S/C14H12N6OS/c1-21-8-11-16-12-10-7-15-19(9-5-3-2-4-6-9)13(10)17-14(22)20(12)18-11/h2-7H,8H2,1H3,(H,16,18). The van der Waals surface area contributed by atoms with E-state index in [1.54, 1.807) is 22.5 Å². The first kappa shape index (κ1) is 13.1. The van der Waals surface area contributed by atoms with Crippen molar-refractivity contribution in [3.63, 3.8) is 0 Å². The van der Waals surface area contributed by atoms with Crippen LogP contribution in [0.1, 0.15) is 5.82 Å². The van der Waals surface area contributed by atoms with E-state index in [2.05, 4.69) is 20.2 Å². The van der Waals surface area contributed by atoms with Crippen molar-refractivity contribution >= 4 is 28.9 Å². The fourth-order valence-electron chi connectivity index (χ4n) is 2.41. The van der Waals surface area contributed by atoms with E-state index in [0.717, 1.165) is 11.1 Å². The van der Waals surface area contributed by atoms with E-state index in [4.69, 9.17) is 17.0 Å². The molecule has 0 atom stereocenters. The summed E-state index contributed by atoms with van der Waals surface area (Å²) in [5.74, 6) is 0.690. The van der Waals surface area contributed by atoms with Crippen LogP contribution in [-0.4, -0.2) is 36.5 Å². The maximum Gasteiger partial charge on any atom is 0.222 e. The summed E-state index contributed by atoms with van der Waals surface area (Å²) in [6.45, 7) is 0.380. The molecule has 110 valence electrons. The Bertz CT molecular complexity index is 1020. The number of ether oxygens (including phenoxy) is 1. The first-order valence-corrected chi connectivity index (χ1v) is 7.08. The molecule has 8 heteroatoms. The number of para-hydroxylation sites is 1. The molecule has 0 amide bonds. The minimum atomic E-state index is 0.380. The van der Waals surface area contributed by atoms with Gasteiger partial charge in [0.05, 0.1) is 17.3 Å². The lowest BCUT2D eigenvalue weighted by Crippen LogP contribution is -2.00. The van der Waals surface area contributed by atoms with Gasteiger partial charge in [-0.05, 0) is 24.4 Å². The van der Waals surface area contributed by atoms with E-state index in [0.29, 0.717) is 28.5 Å². The number of hydrogen-bond donors (Lipinski definition) is 1. The van der Waals surface area contributed by atoms with Gasteiger partial charge in [-0.3, -0.25) is 5.10 Å². The van der Waals surface area contributed by atoms with E-state index in [-0.39, 0.29) is 0 Å². The number of nitrogens with zero attached hydrogens (tertiary/aromatic N) is 5. The zero-order chi connectivity index (χ0) is 15.1. The van der Waals surface area contributed by atoms with Crippen molar-refractivity contribution < 1.29 is 4.74 Å². The number of hydrogen-bond acceptors (Lipinski definition) is 5. The molecule has 0 fully saturated rings. The number of aromatic amines is 1. The molecule has 1 N–H and O–H groups in total. The Morgan fingerprint density at radius 3 is 2.77 bits per heavy atom. The van der Waals surface area contributed by atoms with Gasteiger partial charge in [0.1, 0.15) is 12.4 Å². The van der Waals surface area contributed by atoms with Crippen molar-refractivity contribution in [2.75, 3.05) is 7.11 Å². The molecular weight excluding hydrogens is 300 g/mol. The van der Waals surface area contributed by atoms with E-state index < -0.39 is 0 Å². The number of methoxy groups -OCH3 is 1. The molecule has 4 aromatic rings. The van der Waals surface area contributed by atoms with Gasteiger partial charge in [0, 0.05) is 7.11 Å². The Morgan fingerprint density at radius 1 is 1.18 bits per heavy atom. The predicted octanol–water partition coefficient (Wildman–Crippen LogP) is 2.27. The first-order chi connectivity index (χ1) is 10.8. The number of benzene rings is 1. The van der Waals surface area contributed by atoms with E-state index in [1.807, 2.05) is 30.3 Å². The molecule has 0 bridgehead atoms. The van der Waals surface area contributed by atoms with Gasteiger partial charge in [0.15, 0.2) is 11.3 Å². The number of nitrogens with one attached hydrogen (secondary N) is 1. The minimum Gasteiger partial charge on any atom is -0.377 e. The summed E-state index contributed by atoms with van der Waals surface area (Å²) in [5.41, 5.74) is 2.31. The summed E-state index contributed by atoms with van der Waals surface area (Å²) >= 11 is 5.35. The lowest BCUT2D eigenvalue weighted by atomic mass is 10.3. The SMILES string of the molecule is COCc1nc2c3cnn(-c4ccccc4)c3nc(=S)n2[nH]1. The third-order valence-electron chi connectivity index (χ3n) is 3.35. The van der Waals surface area contributed by atoms with Gasteiger partial charge < -0.3 is 4.74 Å². The highest BCUT2D eigenvalue weighted by molar-refractivity contribution is 7.71. The summed E-state index contributed by atoms with van der Waals surface area (Å²) in [5, 5.41) is 8.33. The van der Waals surface area contributed by atoms with E-state index in [9.17, 15) is 0 Å². The van der Waals surface area contributed by atoms with Gasteiger partial charge in [-0.1, -0.05) is 18.2 Å². The van der Waals surface area contributed by atoms with Gasteiger partial charge in [-0.2, -0.15) is 10.1 Å². The van der Waals surface area contributed by atoms with Crippen LogP contribution < -0.4 is 0 Å². The lowest BCUT2D eigenvalue weighted by molar-refractivity contribution is 0.178. The van der Waals surface area contributed by atoms with Crippen molar-refractivity contribution in [1.29, 1.82) is 0 Å². The summed E-state index contributed by atoms with van der Waals surface area (Å²) in [6, 6.07) is 9.80. The molecule has 0 saturated carbocycles. The largest absolute Gasteiger partial charge is 0.377 e. The third-order valence-corrected chi connectivity index (χ3v) is 3.63. The highest BCUT2D eigenvalue weighted by Crippen LogP contribution is 2.20. The number of fused-ring (bicyclic) bond motifs is 3. The quantitative estimate of drug-likeness (QED) is 0.588. The first-order valence-electron chi connectivity index (χ1n) is 6.67. The lowest BCUT2D eigenvalue weighted by Gasteiger charge is -2.02. The molecule has 0 radical (unpaired) electrons. The molecule has 3 aromatic heterocycles. The summed E-state index contributed by atoms with van der Waals surface area (Å²) < 4.78 is 8.93. The van der Waals surface area contributed by atoms with Gasteiger partial charge in [-0.25, -0.2) is 14.2 Å². The Balaban J connectivity index is 2.03. The average molecular weight is 312 g/mol. The summed E-state index contributed by atoms with van der Waals surface area (Å²) in [6.07, 6.45) is 1.75. The second kappa shape index (κ2) is 5.00. The highest BCUT2D eigenvalue weighted by atomic mass is 32.1. The molecule has 3 heterocycles. The molecule has 0 aliphatic carbocycles. The molecule has 0 saturated heterocycles. The van der Waals surface area contributed by atoms with Crippen LogP contribution in [0.15, 0.2) is 36.5 Å².